The van der Waals surface area contributed by atoms with Crippen LogP contribution in [0.1, 0.15) is 36.1 Å². The van der Waals surface area contributed by atoms with Gasteiger partial charge < -0.3 is 9.88 Å². The molecule has 94 valence electrons. The average Bonchev–Trinajstić information content (AvgIpc) is 2.86. The van der Waals surface area contributed by atoms with Crippen molar-refractivity contribution >= 4 is 0 Å². The van der Waals surface area contributed by atoms with Crippen LogP contribution in [-0.4, -0.2) is 16.6 Å². The van der Waals surface area contributed by atoms with Crippen molar-refractivity contribution in [1.82, 2.24) is 14.9 Å². The molecule has 3 rings (SSSR count). The Morgan fingerprint density at radius 2 is 2.22 bits per heavy atom. The highest BCUT2D eigenvalue weighted by atomic mass is 15.1. The number of aryl methyl sites for hydroxylation is 1. The van der Waals surface area contributed by atoms with Gasteiger partial charge in [-0.15, -0.1) is 0 Å². The minimum absolute atomic E-state index is 0.373. The van der Waals surface area contributed by atoms with Gasteiger partial charge in [0, 0.05) is 12.4 Å². The second-order valence-corrected chi connectivity index (χ2v) is 4.93. The van der Waals surface area contributed by atoms with Gasteiger partial charge in [0.15, 0.2) is 0 Å². The number of nitrogens with one attached hydrogen (secondary N) is 1. The van der Waals surface area contributed by atoms with Gasteiger partial charge in [0.05, 0.1) is 18.4 Å². The van der Waals surface area contributed by atoms with Gasteiger partial charge in [0.25, 0.3) is 0 Å². The normalized spacial score (nSPS) is 23.4. The number of fused-ring (bicyclic) bond motifs is 1. The second kappa shape index (κ2) is 4.94. The van der Waals surface area contributed by atoms with Crippen LogP contribution in [0.4, 0.5) is 0 Å². The minimum atomic E-state index is 0.373. The Labute approximate surface area is 108 Å². The molecule has 0 saturated carbocycles. The number of benzene rings is 1. The third-order valence-corrected chi connectivity index (χ3v) is 3.94. The molecule has 0 spiro atoms. The summed E-state index contributed by atoms with van der Waals surface area (Å²) < 4.78 is 2.24. The Balaban J connectivity index is 2.03. The van der Waals surface area contributed by atoms with E-state index in [1.165, 1.54) is 30.4 Å². The summed E-state index contributed by atoms with van der Waals surface area (Å²) in [7, 11) is 2.05. The van der Waals surface area contributed by atoms with E-state index < -0.39 is 0 Å². The van der Waals surface area contributed by atoms with Gasteiger partial charge >= 0.3 is 0 Å². The first kappa shape index (κ1) is 11.5. The molecule has 3 nitrogen and oxygen atoms in total. The molecule has 1 aliphatic rings. The Morgan fingerprint density at radius 1 is 1.33 bits per heavy atom. The number of imidazole rings is 1. The Kier molecular flexibility index (Phi) is 3.15. The largest absolute Gasteiger partial charge is 0.333 e. The first-order valence-electron chi connectivity index (χ1n) is 6.62. The van der Waals surface area contributed by atoms with E-state index >= 15 is 0 Å². The lowest BCUT2D eigenvalue weighted by molar-refractivity contribution is 0.355. The summed E-state index contributed by atoms with van der Waals surface area (Å²) in [6.45, 7) is 0. The van der Waals surface area contributed by atoms with Gasteiger partial charge in [0.1, 0.15) is 0 Å². The lowest BCUT2D eigenvalue weighted by atomic mass is 9.96. The van der Waals surface area contributed by atoms with Crippen LogP contribution in [0.25, 0.3) is 0 Å². The van der Waals surface area contributed by atoms with Crippen LogP contribution in [0, 0.1) is 0 Å². The Bertz CT molecular complexity index is 504. The summed E-state index contributed by atoms with van der Waals surface area (Å²) in [4.78, 5) is 4.19. The SMILES string of the molecule is CNC1c2ccccc2CCCC1n1ccnc1. The summed E-state index contributed by atoms with van der Waals surface area (Å²) in [5.41, 5.74) is 2.93. The molecule has 0 amide bonds. The molecule has 1 aromatic heterocycles. The number of hydrogen-bond donors (Lipinski definition) is 1. The van der Waals surface area contributed by atoms with Crippen LogP contribution in [0.5, 0.6) is 0 Å². The predicted molar refractivity (Wildman–Crippen MR) is 72.4 cm³/mol. The summed E-state index contributed by atoms with van der Waals surface area (Å²) in [5, 5.41) is 3.49. The highest BCUT2D eigenvalue weighted by Crippen LogP contribution is 2.35. The number of likely N-dealkylation sites (N-methyl/N-ethyl adjacent to an activating group) is 1. The smallest absolute Gasteiger partial charge is 0.0949 e. The highest BCUT2D eigenvalue weighted by Gasteiger charge is 2.27. The number of rotatable bonds is 2. The summed E-state index contributed by atoms with van der Waals surface area (Å²) in [6.07, 6.45) is 9.48. The van der Waals surface area contributed by atoms with E-state index in [4.69, 9.17) is 0 Å². The number of aromatic nitrogens is 2. The van der Waals surface area contributed by atoms with E-state index in [-0.39, 0.29) is 0 Å². The third-order valence-electron chi connectivity index (χ3n) is 3.94. The van der Waals surface area contributed by atoms with E-state index in [1.54, 1.807) is 0 Å². The lowest BCUT2D eigenvalue weighted by Crippen LogP contribution is -2.26. The fourth-order valence-electron chi connectivity index (χ4n) is 3.08. The van der Waals surface area contributed by atoms with Crippen LogP contribution < -0.4 is 5.32 Å². The molecule has 2 aromatic rings. The summed E-state index contributed by atoms with van der Waals surface area (Å²) in [6, 6.07) is 9.63. The van der Waals surface area contributed by atoms with Crippen molar-refractivity contribution in [2.45, 2.75) is 31.3 Å². The van der Waals surface area contributed by atoms with Crippen molar-refractivity contribution in [3.8, 4) is 0 Å². The van der Waals surface area contributed by atoms with E-state index in [2.05, 4.69) is 52.4 Å². The number of hydrogen-bond acceptors (Lipinski definition) is 2. The van der Waals surface area contributed by atoms with Crippen molar-refractivity contribution < 1.29 is 0 Å². The van der Waals surface area contributed by atoms with Gasteiger partial charge in [-0.25, -0.2) is 4.98 Å². The van der Waals surface area contributed by atoms with Crippen LogP contribution in [-0.2, 0) is 6.42 Å². The monoisotopic (exact) mass is 241 g/mol. The van der Waals surface area contributed by atoms with Gasteiger partial charge in [0.2, 0.25) is 0 Å². The van der Waals surface area contributed by atoms with Crippen molar-refractivity contribution in [3.63, 3.8) is 0 Å². The average molecular weight is 241 g/mol. The molecule has 0 bridgehead atoms. The fourth-order valence-corrected chi connectivity index (χ4v) is 3.08. The molecule has 2 unspecified atom stereocenters. The quantitative estimate of drug-likeness (QED) is 0.819. The van der Waals surface area contributed by atoms with Crippen LogP contribution in [0.3, 0.4) is 0 Å². The first-order valence-corrected chi connectivity index (χ1v) is 6.62. The van der Waals surface area contributed by atoms with E-state index in [1.807, 2.05) is 12.5 Å². The third kappa shape index (κ3) is 1.95. The summed E-state index contributed by atoms with van der Waals surface area (Å²) in [5.74, 6) is 0. The standard InChI is InChI=1S/C15H19N3/c1-16-15-13-7-3-2-5-12(13)6-4-8-14(15)18-10-9-17-11-18/h2-3,5,7,9-11,14-16H,4,6,8H2,1H3. The maximum Gasteiger partial charge on any atom is 0.0949 e. The molecule has 18 heavy (non-hydrogen) atoms. The Hall–Kier alpha value is -1.61. The molecule has 0 saturated heterocycles. The van der Waals surface area contributed by atoms with Gasteiger partial charge in [-0.2, -0.15) is 0 Å². The van der Waals surface area contributed by atoms with E-state index in [9.17, 15) is 0 Å². The van der Waals surface area contributed by atoms with Crippen molar-refractivity contribution in [1.29, 1.82) is 0 Å². The van der Waals surface area contributed by atoms with Gasteiger partial charge in [-0.1, -0.05) is 24.3 Å². The maximum absolute atomic E-state index is 4.19. The predicted octanol–water partition coefficient (Wildman–Crippen LogP) is 2.72. The molecule has 1 aliphatic carbocycles. The zero-order valence-corrected chi connectivity index (χ0v) is 10.7. The van der Waals surface area contributed by atoms with Crippen molar-refractivity contribution in [2.75, 3.05) is 7.05 Å². The maximum atomic E-state index is 4.19. The first-order chi connectivity index (χ1) is 8.90. The fraction of sp³-hybridized carbons (Fsp3) is 0.400. The zero-order valence-electron chi connectivity index (χ0n) is 10.7. The number of nitrogens with zero attached hydrogens (tertiary/aromatic N) is 2. The van der Waals surface area contributed by atoms with E-state index in [0.29, 0.717) is 12.1 Å². The molecule has 2 atom stereocenters. The second-order valence-electron chi connectivity index (χ2n) is 4.93. The Morgan fingerprint density at radius 3 is 3.00 bits per heavy atom. The molecule has 1 aromatic carbocycles. The molecule has 0 fully saturated rings. The molecule has 1 N–H and O–H groups in total. The minimum Gasteiger partial charge on any atom is -0.333 e. The van der Waals surface area contributed by atoms with Crippen molar-refractivity contribution in [3.05, 3.63) is 54.1 Å². The van der Waals surface area contributed by atoms with Gasteiger partial charge in [-0.05, 0) is 37.4 Å². The van der Waals surface area contributed by atoms with Crippen LogP contribution >= 0.6 is 0 Å². The van der Waals surface area contributed by atoms with Crippen LogP contribution in [0.15, 0.2) is 43.0 Å². The molecule has 0 radical (unpaired) electrons. The topological polar surface area (TPSA) is 29.9 Å². The lowest BCUT2D eigenvalue weighted by Gasteiger charge is -2.27. The van der Waals surface area contributed by atoms with Crippen molar-refractivity contribution in [2.24, 2.45) is 0 Å². The summed E-state index contributed by atoms with van der Waals surface area (Å²) >= 11 is 0. The molecule has 1 heterocycles. The van der Waals surface area contributed by atoms with Gasteiger partial charge in [-0.3, -0.25) is 0 Å². The molecule has 0 aliphatic heterocycles. The molecular weight excluding hydrogens is 222 g/mol. The molecule has 3 heteroatoms. The highest BCUT2D eigenvalue weighted by molar-refractivity contribution is 5.32. The molecular formula is C15H19N3. The zero-order chi connectivity index (χ0) is 12.4. The van der Waals surface area contributed by atoms with Crippen LogP contribution in [0.2, 0.25) is 0 Å². The van der Waals surface area contributed by atoms with E-state index in [0.717, 1.165) is 0 Å².